The zero-order valence-corrected chi connectivity index (χ0v) is 18.7. The van der Waals surface area contributed by atoms with Gasteiger partial charge in [0.2, 0.25) is 5.91 Å². The molecule has 1 saturated heterocycles. The van der Waals surface area contributed by atoms with Gasteiger partial charge in [-0.15, -0.1) is 0 Å². The third kappa shape index (κ3) is 5.16. The molecule has 3 rings (SSSR count). The Labute approximate surface area is 184 Å². The van der Waals surface area contributed by atoms with Gasteiger partial charge in [-0.2, -0.15) is 5.26 Å². The zero-order chi connectivity index (χ0) is 22.4. The summed E-state index contributed by atoms with van der Waals surface area (Å²) in [7, 11) is 5.17. The van der Waals surface area contributed by atoms with Gasteiger partial charge in [-0.1, -0.05) is 30.3 Å². The number of anilines is 1. The van der Waals surface area contributed by atoms with Crippen molar-refractivity contribution >= 4 is 11.6 Å². The number of benzene rings is 2. The second-order valence-electron chi connectivity index (χ2n) is 7.87. The predicted octanol–water partition coefficient (Wildman–Crippen LogP) is 2.80. The van der Waals surface area contributed by atoms with E-state index in [1.165, 1.54) is 0 Å². The topological polar surface area (TPSA) is 69.0 Å². The SMILES string of the molecule is COCOc1cc(C#N)c(C)cc1N1CCN(C(C(=O)N(C)C)c2ccccc2)CC1. The Morgan fingerprint density at radius 3 is 2.42 bits per heavy atom. The summed E-state index contributed by atoms with van der Waals surface area (Å²) in [5, 5.41) is 9.38. The van der Waals surface area contributed by atoms with Gasteiger partial charge in [-0.05, 0) is 24.1 Å². The molecule has 7 nitrogen and oxygen atoms in total. The van der Waals surface area contributed by atoms with E-state index in [4.69, 9.17) is 9.47 Å². The molecule has 0 aromatic heterocycles. The first-order chi connectivity index (χ1) is 15.0. The summed E-state index contributed by atoms with van der Waals surface area (Å²) in [4.78, 5) is 19.1. The maximum absolute atomic E-state index is 13.0. The molecule has 2 aromatic rings. The van der Waals surface area contributed by atoms with Crippen LogP contribution < -0.4 is 9.64 Å². The molecule has 0 spiro atoms. The summed E-state index contributed by atoms with van der Waals surface area (Å²) in [5.41, 5.74) is 3.46. The second kappa shape index (κ2) is 10.3. The van der Waals surface area contributed by atoms with Crippen molar-refractivity contribution in [2.75, 3.05) is 59.1 Å². The minimum atomic E-state index is -0.301. The van der Waals surface area contributed by atoms with E-state index in [1.807, 2.05) is 43.3 Å². The van der Waals surface area contributed by atoms with Crippen LogP contribution in [0.2, 0.25) is 0 Å². The molecule has 0 N–H and O–H groups in total. The molecule has 164 valence electrons. The summed E-state index contributed by atoms with van der Waals surface area (Å²) < 4.78 is 10.8. The lowest BCUT2D eigenvalue weighted by molar-refractivity contribution is -0.134. The van der Waals surface area contributed by atoms with Crippen LogP contribution in [0, 0.1) is 18.3 Å². The normalized spacial score (nSPS) is 15.3. The first-order valence-corrected chi connectivity index (χ1v) is 10.4. The molecule has 2 aromatic carbocycles. The van der Waals surface area contributed by atoms with E-state index in [2.05, 4.69) is 15.9 Å². The highest BCUT2D eigenvalue weighted by Crippen LogP contribution is 2.33. The lowest BCUT2D eigenvalue weighted by Crippen LogP contribution is -2.51. The van der Waals surface area contributed by atoms with Gasteiger partial charge in [0, 0.05) is 53.5 Å². The number of amides is 1. The molecule has 1 heterocycles. The van der Waals surface area contributed by atoms with Crippen molar-refractivity contribution in [2.45, 2.75) is 13.0 Å². The molecule has 1 amide bonds. The van der Waals surface area contributed by atoms with E-state index in [0.29, 0.717) is 11.3 Å². The standard InChI is InChI=1S/C24H30N4O3/c1-18-14-21(22(31-17-30-4)15-20(18)16-25)27-10-12-28(13-11-27)23(24(29)26(2)3)19-8-6-5-7-9-19/h5-9,14-15,23H,10-13,17H2,1-4H3. The van der Waals surface area contributed by atoms with E-state index in [1.54, 1.807) is 32.2 Å². The maximum Gasteiger partial charge on any atom is 0.244 e. The summed E-state index contributed by atoms with van der Waals surface area (Å²) in [6.45, 7) is 5.02. The number of ether oxygens (including phenoxy) is 2. The Kier molecular flexibility index (Phi) is 7.50. The van der Waals surface area contributed by atoms with E-state index in [-0.39, 0.29) is 18.7 Å². The number of hydrogen-bond acceptors (Lipinski definition) is 6. The quantitative estimate of drug-likeness (QED) is 0.639. The van der Waals surface area contributed by atoms with Crippen LogP contribution in [0.15, 0.2) is 42.5 Å². The zero-order valence-electron chi connectivity index (χ0n) is 18.7. The van der Waals surface area contributed by atoms with Crippen LogP contribution in [0.3, 0.4) is 0 Å². The first-order valence-electron chi connectivity index (χ1n) is 10.4. The largest absolute Gasteiger partial charge is 0.465 e. The van der Waals surface area contributed by atoms with Gasteiger partial charge in [0.25, 0.3) is 0 Å². The van der Waals surface area contributed by atoms with Crippen LogP contribution in [-0.4, -0.2) is 69.9 Å². The lowest BCUT2D eigenvalue weighted by atomic mass is 10.0. The Bertz CT molecular complexity index is 932. The van der Waals surface area contributed by atoms with E-state index >= 15 is 0 Å². The van der Waals surface area contributed by atoms with E-state index in [0.717, 1.165) is 43.0 Å². The highest BCUT2D eigenvalue weighted by atomic mass is 16.7. The van der Waals surface area contributed by atoms with Crippen LogP contribution in [0.4, 0.5) is 5.69 Å². The van der Waals surface area contributed by atoms with Crippen molar-refractivity contribution in [2.24, 2.45) is 0 Å². The summed E-state index contributed by atoms with van der Waals surface area (Å²) in [6, 6.07) is 15.6. The van der Waals surface area contributed by atoms with Crippen LogP contribution in [-0.2, 0) is 9.53 Å². The maximum atomic E-state index is 13.0. The third-order valence-electron chi connectivity index (χ3n) is 5.57. The Morgan fingerprint density at radius 2 is 1.84 bits per heavy atom. The van der Waals surface area contributed by atoms with Crippen molar-refractivity contribution in [1.29, 1.82) is 5.26 Å². The average Bonchev–Trinajstić information content (AvgIpc) is 2.79. The molecule has 7 heteroatoms. The van der Waals surface area contributed by atoms with Crippen LogP contribution in [0.25, 0.3) is 0 Å². The van der Waals surface area contributed by atoms with Gasteiger partial charge < -0.3 is 19.3 Å². The molecule has 31 heavy (non-hydrogen) atoms. The molecule has 1 unspecified atom stereocenters. The molecule has 1 aliphatic rings. The molecular formula is C24H30N4O3. The van der Waals surface area contributed by atoms with Crippen molar-refractivity contribution in [3.63, 3.8) is 0 Å². The molecule has 0 radical (unpaired) electrons. The lowest BCUT2D eigenvalue weighted by Gasteiger charge is -2.40. The van der Waals surface area contributed by atoms with Crippen LogP contribution in [0.1, 0.15) is 22.7 Å². The molecule has 1 aliphatic heterocycles. The predicted molar refractivity (Wildman–Crippen MR) is 120 cm³/mol. The fourth-order valence-corrected chi connectivity index (χ4v) is 3.89. The number of nitrogens with zero attached hydrogens (tertiary/aromatic N) is 4. The van der Waals surface area contributed by atoms with Gasteiger partial charge in [0.05, 0.1) is 17.3 Å². The fourth-order valence-electron chi connectivity index (χ4n) is 3.89. The minimum absolute atomic E-state index is 0.0815. The molecule has 0 saturated carbocycles. The fraction of sp³-hybridized carbons (Fsp3) is 0.417. The van der Waals surface area contributed by atoms with Gasteiger partial charge in [0.1, 0.15) is 11.8 Å². The molecule has 1 fully saturated rings. The van der Waals surface area contributed by atoms with Gasteiger partial charge in [-0.25, -0.2) is 0 Å². The number of carbonyl (C=O) groups is 1. The van der Waals surface area contributed by atoms with Crippen molar-refractivity contribution < 1.29 is 14.3 Å². The highest BCUT2D eigenvalue weighted by molar-refractivity contribution is 5.83. The number of methoxy groups -OCH3 is 1. The highest BCUT2D eigenvalue weighted by Gasteiger charge is 2.32. The number of rotatable bonds is 7. The Balaban J connectivity index is 1.81. The monoisotopic (exact) mass is 422 g/mol. The minimum Gasteiger partial charge on any atom is -0.465 e. The Hall–Kier alpha value is -3.08. The summed E-state index contributed by atoms with van der Waals surface area (Å²) in [5.74, 6) is 0.722. The number of nitriles is 1. The third-order valence-corrected chi connectivity index (χ3v) is 5.57. The van der Waals surface area contributed by atoms with E-state index < -0.39 is 0 Å². The second-order valence-corrected chi connectivity index (χ2v) is 7.87. The number of piperazine rings is 1. The van der Waals surface area contributed by atoms with Crippen LogP contribution >= 0.6 is 0 Å². The smallest absolute Gasteiger partial charge is 0.244 e. The van der Waals surface area contributed by atoms with Crippen molar-refractivity contribution in [3.8, 4) is 11.8 Å². The number of carbonyl (C=O) groups excluding carboxylic acids is 1. The van der Waals surface area contributed by atoms with Gasteiger partial charge in [-0.3, -0.25) is 9.69 Å². The Morgan fingerprint density at radius 1 is 1.16 bits per heavy atom. The number of likely N-dealkylation sites (N-methyl/N-ethyl adjacent to an activating group) is 1. The summed E-state index contributed by atoms with van der Waals surface area (Å²) in [6.07, 6.45) is 0. The first kappa shape index (κ1) is 22.6. The average molecular weight is 423 g/mol. The molecule has 0 aliphatic carbocycles. The van der Waals surface area contributed by atoms with Gasteiger partial charge >= 0.3 is 0 Å². The van der Waals surface area contributed by atoms with Crippen LogP contribution in [0.5, 0.6) is 5.75 Å². The molecule has 1 atom stereocenters. The van der Waals surface area contributed by atoms with Gasteiger partial charge in [0.15, 0.2) is 6.79 Å². The number of hydrogen-bond donors (Lipinski definition) is 0. The van der Waals surface area contributed by atoms with E-state index in [9.17, 15) is 10.1 Å². The summed E-state index contributed by atoms with van der Waals surface area (Å²) >= 11 is 0. The number of aryl methyl sites for hydroxylation is 1. The molecule has 0 bridgehead atoms. The molecular weight excluding hydrogens is 392 g/mol. The van der Waals surface area contributed by atoms with Crippen molar-refractivity contribution in [1.82, 2.24) is 9.80 Å². The van der Waals surface area contributed by atoms with Crippen molar-refractivity contribution in [3.05, 3.63) is 59.2 Å².